The van der Waals surface area contributed by atoms with Gasteiger partial charge in [0.1, 0.15) is 0 Å². The van der Waals surface area contributed by atoms with Gasteiger partial charge in [-0.25, -0.2) is 0 Å². The quantitative estimate of drug-likeness (QED) is 0.757. The molecule has 1 heterocycles. The number of rotatable bonds is 7. The highest BCUT2D eigenvalue weighted by atomic mass is 16.5. The molecule has 0 amide bonds. The van der Waals surface area contributed by atoms with Crippen molar-refractivity contribution in [2.75, 3.05) is 23.8 Å². The van der Waals surface area contributed by atoms with E-state index in [-0.39, 0.29) is 6.04 Å². The largest absolute Gasteiger partial charge is 0.464 e. The lowest BCUT2D eigenvalue weighted by atomic mass is 10.4. The van der Waals surface area contributed by atoms with Crippen LogP contribution in [0.25, 0.3) is 0 Å². The van der Waals surface area contributed by atoms with Gasteiger partial charge in [0.15, 0.2) is 0 Å². The zero-order valence-corrected chi connectivity index (χ0v) is 10.9. The Kier molecular flexibility index (Phi) is 5.45. The van der Waals surface area contributed by atoms with E-state index < -0.39 is 0 Å². The van der Waals surface area contributed by atoms with Gasteiger partial charge in [-0.3, -0.25) is 0 Å². The minimum absolute atomic E-state index is 0.269. The van der Waals surface area contributed by atoms with Crippen LogP contribution >= 0.6 is 0 Å². The summed E-state index contributed by atoms with van der Waals surface area (Å²) in [5.41, 5.74) is 0. The van der Waals surface area contributed by atoms with Gasteiger partial charge in [-0.1, -0.05) is 6.92 Å². The van der Waals surface area contributed by atoms with E-state index in [0.717, 1.165) is 13.0 Å². The molecule has 0 aliphatic carbocycles. The van der Waals surface area contributed by atoms with E-state index in [1.165, 1.54) is 0 Å². The van der Waals surface area contributed by atoms with Gasteiger partial charge in [0.05, 0.1) is 6.61 Å². The van der Waals surface area contributed by atoms with Gasteiger partial charge < -0.3 is 15.4 Å². The summed E-state index contributed by atoms with van der Waals surface area (Å²) in [6, 6.07) is 0.621. The minimum Gasteiger partial charge on any atom is -0.464 e. The van der Waals surface area contributed by atoms with E-state index in [0.29, 0.717) is 24.5 Å². The number of nitrogens with zero attached hydrogens (tertiary/aromatic N) is 3. The molecular formula is C11H21N5O. The fourth-order valence-electron chi connectivity index (χ4n) is 1.19. The normalized spacial score (nSPS) is 10.4. The fourth-order valence-corrected chi connectivity index (χ4v) is 1.19. The predicted octanol–water partition coefficient (Wildman–Crippen LogP) is 1.91. The Labute approximate surface area is 102 Å². The molecular weight excluding hydrogens is 218 g/mol. The average Bonchev–Trinajstić information content (AvgIpc) is 2.25. The maximum Gasteiger partial charge on any atom is 0.323 e. The summed E-state index contributed by atoms with van der Waals surface area (Å²) < 4.78 is 5.31. The first-order chi connectivity index (χ1) is 8.15. The van der Waals surface area contributed by atoms with Crippen molar-refractivity contribution < 1.29 is 4.74 Å². The van der Waals surface area contributed by atoms with Gasteiger partial charge in [0.25, 0.3) is 0 Å². The second-order valence-corrected chi connectivity index (χ2v) is 3.92. The molecule has 6 nitrogen and oxygen atoms in total. The topological polar surface area (TPSA) is 72.0 Å². The first kappa shape index (κ1) is 13.5. The van der Waals surface area contributed by atoms with Crippen LogP contribution in [-0.4, -0.2) is 34.1 Å². The zero-order chi connectivity index (χ0) is 12.7. The number of hydrogen-bond donors (Lipinski definition) is 2. The van der Waals surface area contributed by atoms with Gasteiger partial charge in [-0.15, -0.1) is 0 Å². The SMILES string of the molecule is CCCNc1nc(NC(C)C)nc(OCC)n1. The molecule has 1 rings (SSSR count). The number of aromatic nitrogens is 3. The van der Waals surface area contributed by atoms with Crippen LogP contribution in [0.2, 0.25) is 0 Å². The molecule has 2 N–H and O–H groups in total. The molecule has 0 bridgehead atoms. The lowest BCUT2D eigenvalue weighted by molar-refractivity contribution is 0.312. The Balaban J connectivity index is 2.84. The van der Waals surface area contributed by atoms with Crippen LogP contribution in [-0.2, 0) is 0 Å². The van der Waals surface area contributed by atoms with Crippen molar-refractivity contribution in [2.45, 2.75) is 40.2 Å². The molecule has 1 aromatic heterocycles. The van der Waals surface area contributed by atoms with Crippen molar-refractivity contribution in [3.8, 4) is 6.01 Å². The van der Waals surface area contributed by atoms with E-state index in [2.05, 4.69) is 32.5 Å². The lowest BCUT2D eigenvalue weighted by Crippen LogP contribution is -2.15. The highest BCUT2D eigenvalue weighted by Crippen LogP contribution is 2.11. The highest BCUT2D eigenvalue weighted by molar-refractivity contribution is 5.36. The number of nitrogens with one attached hydrogen (secondary N) is 2. The van der Waals surface area contributed by atoms with Gasteiger partial charge in [0.2, 0.25) is 11.9 Å². The summed E-state index contributed by atoms with van der Waals surface area (Å²) in [5, 5.41) is 6.26. The third-order valence-corrected chi connectivity index (χ3v) is 1.84. The van der Waals surface area contributed by atoms with Crippen LogP contribution in [0, 0.1) is 0 Å². The van der Waals surface area contributed by atoms with E-state index in [4.69, 9.17) is 4.74 Å². The monoisotopic (exact) mass is 239 g/mol. The third-order valence-electron chi connectivity index (χ3n) is 1.84. The Hall–Kier alpha value is -1.59. The van der Waals surface area contributed by atoms with E-state index >= 15 is 0 Å². The van der Waals surface area contributed by atoms with Gasteiger partial charge in [-0.05, 0) is 27.2 Å². The highest BCUT2D eigenvalue weighted by Gasteiger charge is 2.07. The van der Waals surface area contributed by atoms with Crippen molar-refractivity contribution in [3.05, 3.63) is 0 Å². The molecule has 0 aromatic carbocycles. The van der Waals surface area contributed by atoms with Crippen LogP contribution < -0.4 is 15.4 Å². The molecule has 0 aliphatic heterocycles. The van der Waals surface area contributed by atoms with Crippen molar-refractivity contribution >= 4 is 11.9 Å². The van der Waals surface area contributed by atoms with Gasteiger partial charge in [0, 0.05) is 12.6 Å². The van der Waals surface area contributed by atoms with Crippen LogP contribution in [0.15, 0.2) is 0 Å². The Bertz CT molecular complexity index is 343. The minimum atomic E-state index is 0.269. The van der Waals surface area contributed by atoms with Gasteiger partial charge >= 0.3 is 6.01 Å². The first-order valence-corrected chi connectivity index (χ1v) is 6.05. The Morgan fingerprint density at radius 1 is 1.12 bits per heavy atom. The summed E-state index contributed by atoms with van der Waals surface area (Å²) in [7, 11) is 0. The molecule has 0 fully saturated rings. The van der Waals surface area contributed by atoms with Crippen LogP contribution in [0.5, 0.6) is 6.01 Å². The summed E-state index contributed by atoms with van der Waals surface area (Å²) >= 11 is 0. The molecule has 0 unspecified atom stereocenters. The van der Waals surface area contributed by atoms with Crippen molar-refractivity contribution in [3.63, 3.8) is 0 Å². The molecule has 0 radical (unpaired) electrons. The summed E-state index contributed by atoms with van der Waals surface area (Å²) in [6.45, 7) is 9.42. The molecule has 6 heteroatoms. The first-order valence-electron chi connectivity index (χ1n) is 6.05. The number of ether oxygens (including phenoxy) is 1. The van der Waals surface area contributed by atoms with E-state index in [1.54, 1.807) is 0 Å². The summed E-state index contributed by atoms with van der Waals surface area (Å²) in [4.78, 5) is 12.6. The van der Waals surface area contributed by atoms with Crippen LogP contribution in [0.1, 0.15) is 34.1 Å². The average molecular weight is 239 g/mol. The van der Waals surface area contributed by atoms with Gasteiger partial charge in [-0.2, -0.15) is 15.0 Å². The molecule has 1 aromatic rings. The maximum atomic E-state index is 5.31. The Morgan fingerprint density at radius 3 is 2.41 bits per heavy atom. The van der Waals surface area contributed by atoms with Crippen molar-refractivity contribution in [1.82, 2.24) is 15.0 Å². The molecule has 0 atom stereocenters. The van der Waals surface area contributed by atoms with Crippen molar-refractivity contribution in [1.29, 1.82) is 0 Å². The molecule has 0 aliphatic rings. The fraction of sp³-hybridized carbons (Fsp3) is 0.727. The standard InChI is InChI=1S/C11H21N5O/c1-5-7-12-9-14-10(13-8(3)4)16-11(15-9)17-6-2/h8H,5-7H2,1-4H3,(H2,12,13,14,15,16). The molecule has 0 saturated heterocycles. The molecule has 17 heavy (non-hydrogen) atoms. The summed E-state index contributed by atoms with van der Waals surface area (Å²) in [5.74, 6) is 1.09. The second-order valence-electron chi connectivity index (χ2n) is 3.92. The molecule has 0 spiro atoms. The van der Waals surface area contributed by atoms with Crippen LogP contribution in [0.4, 0.5) is 11.9 Å². The lowest BCUT2D eigenvalue weighted by Gasteiger charge is -2.11. The number of hydrogen-bond acceptors (Lipinski definition) is 6. The smallest absolute Gasteiger partial charge is 0.323 e. The zero-order valence-electron chi connectivity index (χ0n) is 10.9. The molecule has 0 saturated carbocycles. The van der Waals surface area contributed by atoms with E-state index in [1.807, 2.05) is 20.8 Å². The number of anilines is 2. The van der Waals surface area contributed by atoms with Crippen LogP contribution in [0.3, 0.4) is 0 Å². The maximum absolute atomic E-state index is 5.31. The van der Waals surface area contributed by atoms with Crippen molar-refractivity contribution in [2.24, 2.45) is 0 Å². The third kappa shape index (κ3) is 4.84. The van der Waals surface area contributed by atoms with E-state index in [9.17, 15) is 0 Å². The second kappa shape index (κ2) is 6.88. The Morgan fingerprint density at radius 2 is 1.82 bits per heavy atom. The summed E-state index contributed by atoms with van der Waals surface area (Å²) in [6.07, 6.45) is 1.02. The molecule has 96 valence electrons. The predicted molar refractivity (Wildman–Crippen MR) is 68.5 cm³/mol.